The van der Waals surface area contributed by atoms with E-state index in [9.17, 15) is 0 Å². The monoisotopic (exact) mass is 373 g/mol. The van der Waals surface area contributed by atoms with Crippen molar-refractivity contribution in [3.8, 4) is 11.1 Å². The van der Waals surface area contributed by atoms with Gasteiger partial charge in [0.2, 0.25) is 0 Å². The first-order valence-corrected chi connectivity index (χ1v) is 10.6. The molecule has 2 aromatic heterocycles. The van der Waals surface area contributed by atoms with Crippen molar-refractivity contribution >= 4 is 32.3 Å². The van der Waals surface area contributed by atoms with Crippen molar-refractivity contribution in [3.63, 3.8) is 0 Å². The molecule has 0 aliphatic carbocycles. The van der Waals surface area contributed by atoms with Crippen molar-refractivity contribution in [3.05, 3.63) is 59.9 Å². The summed E-state index contributed by atoms with van der Waals surface area (Å²) in [6.45, 7) is 4.69. The molecule has 0 amide bonds. The average molecular weight is 374 g/mol. The number of nitrogens with zero attached hydrogens (tertiary/aromatic N) is 3. The summed E-state index contributed by atoms with van der Waals surface area (Å²) in [6, 6.07) is 16.2. The second-order valence-corrected chi connectivity index (χ2v) is 8.44. The van der Waals surface area contributed by atoms with Gasteiger partial charge >= 0.3 is 0 Å². The number of hydrogen-bond acceptors (Lipinski definition) is 4. The largest absolute Gasteiger partial charge is 0.300 e. The topological polar surface area (TPSA) is 29.0 Å². The molecule has 1 aliphatic rings. The molecule has 0 saturated carbocycles. The number of aromatic nitrogens is 2. The Morgan fingerprint density at radius 2 is 1.93 bits per heavy atom. The summed E-state index contributed by atoms with van der Waals surface area (Å²) in [5, 5.41) is 2.47. The first kappa shape index (κ1) is 16.8. The van der Waals surface area contributed by atoms with Gasteiger partial charge in [-0.25, -0.2) is 4.98 Å². The quantitative estimate of drug-likeness (QED) is 0.470. The molecule has 1 fully saturated rings. The van der Waals surface area contributed by atoms with Gasteiger partial charge in [-0.15, -0.1) is 11.3 Å². The summed E-state index contributed by atoms with van der Waals surface area (Å²) < 4.78 is 1.23. The van der Waals surface area contributed by atoms with Crippen LogP contribution in [0.4, 0.5) is 0 Å². The van der Waals surface area contributed by atoms with Crippen LogP contribution in [0.2, 0.25) is 0 Å². The van der Waals surface area contributed by atoms with Crippen LogP contribution in [0.1, 0.15) is 25.5 Å². The van der Waals surface area contributed by atoms with Crippen molar-refractivity contribution < 1.29 is 0 Å². The molecule has 0 spiro atoms. The van der Waals surface area contributed by atoms with Crippen LogP contribution in [0.25, 0.3) is 32.1 Å². The van der Waals surface area contributed by atoms with Crippen LogP contribution in [-0.2, 0) is 6.42 Å². The van der Waals surface area contributed by atoms with Crippen LogP contribution < -0.4 is 0 Å². The Balaban J connectivity index is 1.39. The fraction of sp³-hybridized carbons (Fsp3) is 0.304. The second-order valence-electron chi connectivity index (χ2n) is 7.55. The number of fused-ring (bicyclic) bond motifs is 2. The summed E-state index contributed by atoms with van der Waals surface area (Å²) in [7, 11) is 0. The Kier molecular flexibility index (Phi) is 4.38. The van der Waals surface area contributed by atoms with E-state index in [1.807, 2.05) is 11.7 Å². The SMILES string of the molecule is CC1CCCN1CCc1cc2ccc(-c3ccc4scnc4c3)cc2cn1. The first-order chi connectivity index (χ1) is 13.3. The average Bonchev–Trinajstić information content (AvgIpc) is 3.33. The van der Waals surface area contributed by atoms with Gasteiger partial charge in [0, 0.05) is 36.3 Å². The van der Waals surface area contributed by atoms with Gasteiger partial charge in [-0.05, 0) is 67.1 Å². The van der Waals surface area contributed by atoms with Crippen LogP contribution in [0, 0.1) is 0 Å². The molecule has 1 saturated heterocycles. The zero-order chi connectivity index (χ0) is 18.2. The van der Waals surface area contributed by atoms with Gasteiger partial charge in [0.05, 0.1) is 15.7 Å². The fourth-order valence-corrected chi connectivity index (χ4v) is 4.78. The third kappa shape index (κ3) is 3.35. The van der Waals surface area contributed by atoms with E-state index >= 15 is 0 Å². The van der Waals surface area contributed by atoms with E-state index < -0.39 is 0 Å². The number of pyridine rings is 1. The van der Waals surface area contributed by atoms with Gasteiger partial charge in [0.1, 0.15) is 0 Å². The van der Waals surface area contributed by atoms with Gasteiger partial charge in [-0.1, -0.05) is 18.2 Å². The van der Waals surface area contributed by atoms with E-state index in [-0.39, 0.29) is 0 Å². The summed E-state index contributed by atoms with van der Waals surface area (Å²) >= 11 is 1.68. The third-order valence-electron chi connectivity index (χ3n) is 5.79. The van der Waals surface area contributed by atoms with Crippen molar-refractivity contribution in [2.24, 2.45) is 0 Å². The third-order valence-corrected chi connectivity index (χ3v) is 6.60. The number of benzene rings is 2. The van der Waals surface area contributed by atoms with Crippen LogP contribution in [0.5, 0.6) is 0 Å². The van der Waals surface area contributed by atoms with Gasteiger partial charge in [-0.3, -0.25) is 4.98 Å². The molecule has 1 atom stereocenters. The van der Waals surface area contributed by atoms with E-state index in [0.29, 0.717) is 0 Å². The standard InChI is InChI=1S/C23H23N3S/c1-16-3-2-9-26(16)10-8-21-12-18-5-4-17(11-20(18)14-24-21)19-6-7-23-22(13-19)25-15-27-23/h4-7,11-16H,2-3,8-10H2,1H3. The lowest BCUT2D eigenvalue weighted by Crippen LogP contribution is -2.29. The maximum atomic E-state index is 4.73. The minimum atomic E-state index is 0.725. The Hall–Kier alpha value is -2.30. The minimum Gasteiger partial charge on any atom is -0.300 e. The molecule has 4 heteroatoms. The molecular weight excluding hydrogens is 350 g/mol. The number of likely N-dealkylation sites (tertiary alicyclic amines) is 1. The minimum absolute atomic E-state index is 0.725. The summed E-state index contributed by atoms with van der Waals surface area (Å²) in [5.41, 5.74) is 6.60. The van der Waals surface area contributed by atoms with Crippen LogP contribution in [0.3, 0.4) is 0 Å². The number of hydrogen-bond donors (Lipinski definition) is 0. The maximum Gasteiger partial charge on any atom is 0.0818 e. The highest BCUT2D eigenvalue weighted by atomic mass is 32.1. The summed E-state index contributed by atoms with van der Waals surface area (Å²) in [5.74, 6) is 0. The lowest BCUT2D eigenvalue weighted by atomic mass is 10.0. The van der Waals surface area contributed by atoms with E-state index in [4.69, 9.17) is 4.98 Å². The predicted molar refractivity (Wildman–Crippen MR) is 114 cm³/mol. The molecular formula is C23H23N3S. The summed E-state index contributed by atoms with van der Waals surface area (Å²) in [6.07, 6.45) is 5.73. The Bertz CT molecular complexity index is 1100. The molecule has 1 aliphatic heterocycles. The lowest BCUT2D eigenvalue weighted by molar-refractivity contribution is 0.271. The molecule has 136 valence electrons. The number of rotatable bonds is 4. The fourth-order valence-electron chi connectivity index (χ4n) is 4.12. The Labute approximate surface area is 163 Å². The molecule has 27 heavy (non-hydrogen) atoms. The van der Waals surface area contributed by atoms with Crippen LogP contribution in [-0.4, -0.2) is 34.0 Å². The van der Waals surface area contributed by atoms with E-state index in [2.05, 4.69) is 59.3 Å². The van der Waals surface area contributed by atoms with Gasteiger partial charge in [0.25, 0.3) is 0 Å². The van der Waals surface area contributed by atoms with Gasteiger partial charge in [0.15, 0.2) is 0 Å². The van der Waals surface area contributed by atoms with Gasteiger partial charge in [-0.2, -0.15) is 0 Å². The molecule has 1 unspecified atom stereocenters. The molecule has 5 rings (SSSR count). The van der Waals surface area contributed by atoms with E-state index in [0.717, 1.165) is 24.5 Å². The molecule has 0 bridgehead atoms. The van der Waals surface area contributed by atoms with E-state index in [1.165, 1.54) is 51.7 Å². The van der Waals surface area contributed by atoms with Crippen LogP contribution in [0.15, 0.2) is 54.2 Å². The van der Waals surface area contributed by atoms with E-state index in [1.54, 1.807) is 11.3 Å². The normalized spacial score (nSPS) is 17.9. The Morgan fingerprint density at radius 1 is 1.04 bits per heavy atom. The molecule has 2 aromatic carbocycles. The smallest absolute Gasteiger partial charge is 0.0818 e. The zero-order valence-corrected chi connectivity index (χ0v) is 16.4. The molecule has 3 heterocycles. The number of thiazole rings is 1. The predicted octanol–water partition coefficient (Wildman–Crippen LogP) is 5.54. The molecule has 4 aromatic rings. The molecule has 0 radical (unpaired) electrons. The zero-order valence-electron chi connectivity index (χ0n) is 15.6. The molecule has 3 nitrogen and oxygen atoms in total. The van der Waals surface area contributed by atoms with Crippen LogP contribution >= 0.6 is 11.3 Å². The van der Waals surface area contributed by atoms with Crippen molar-refractivity contribution in [1.29, 1.82) is 0 Å². The highest BCUT2D eigenvalue weighted by Crippen LogP contribution is 2.28. The summed E-state index contributed by atoms with van der Waals surface area (Å²) in [4.78, 5) is 11.8. The van der Waals surface area contributed by atoms with Crippen molar-refractivity contribution in [1.82, 2.24) is 14.9 Å². The highest BCUT2D eigenvalue weighted by molar-refractivity contribution is 7.16. The first-order valence-electron chi connectivity index (χ1n) is 9.73. The lowest BCUT2D eigenvalue weighted by Gasteiger charge is -2.20. The Morgan fingerprint density at radius 3 is 2.81 bits per heavy atom. The van der Waals surface area contributed by atoms with Crippen molar-refractivity contribution in [2.45, 2.75) is 32.2 Å². The highest BCUT2D eigenvalue weighted by Gasteiger charge is 2.19. The van der Waals surface area contributed by atoms with Gasteiger partial charge < -0.3 is 4.90 Å². The maximum absolute atomic E-state index is 4.73. The second kappa shape index (κ2) is 7.02. The van der Waals surface area contributed by atoms with Crippen molar-refractivity contribution in [2.75, 3.05) is 13.1 Å². The molecule has 0 N–H and O–H groups in total.